The molecule has 1 amide bonds. The highest BCUT2D eigenvalue weighted by atomic mass is 16.5. The average Bonchev–Trinajstić information content (AvgIpc) is 2.76. The number of benzene rings is 1. The van der Waals surface area contributed by atoms with Crippen LogP contribution in [0.4, 0.5) is 0 Å². The molecule has 5 heteroatoms. The molecular weight excluding hydrogens is 280 g/mol. The fraction of sp³-hybridized carbons (Fsp3) is 0.353. The van der Waals surface area contributed by atoms with Crippen molar-refractivity contribution in [1.82, 2.24) is 4.57 Å². The highest BCUT2D eigenvalue weighted by molar-refractivity contribution is 6.02. The summed E-state index contributed by atoms with van der Waals surface area (Å²) >= 11 is 0. The Bertz CT molecular complexity index is 672. The van der Waals surface area contributed by atoms with E-state index in [0.717, 1.165) is 28.3 Å². The van der Waals surface area contributed by atoms with Crippen LogP contribution in [0.5, 0.6) is 5.75 Å². The summed E-state index contributed by atoms with van der Waals surface area (Å²) in [5.41, 5.74) is 9.73. The summed E-state index contributed by atoms with van der Waals surface area (Å²) in [5.74, 6) is 0.327. The lowest BCUT2D eigenvalue weighted by Crippen LogP contribution is -2.13. The van der Waals surface area contributed by atoms with Gasteiger partial charge in [0.15, 0.2) is 0 Å². The number of hydrogen-bond donors (Lipinski definition) is 2. The van der Waals surface area contributed by atoms with E-state index >= 15 is 0 Å². The largest absolute Gasteiger partial charge is 0.497 e. The maximum Gasteiger partial charge on any atom is 0.251 e. The number of ether oxygens (including phenoxy) is 1. The number of nitrogens with two attached hydrogens (primary N) is 1. The summed E-state index contributed by atoms with van der Waals surface area (Å²) < 4.78 is 7.21. The third-order valence-electron chi connectivity index (χ3n) is 3.95. The molecule has 3 N–H and O–H groups in total. The van der Waals surface area contributed by atoms with Crippen LogP contribution in [-0.2, 0) is 6.54 Å². The minimum Gasteiger partial charge on any atom is -0.497 e. The number of primary amides is 1. The van der Waals surface area contributed by atoms with Crippen molar-refractivity contribution in [3.8, 4) is 16.9 Å². The average molecular weight is 302 g/mol. The van der Waals surface area contributed by atoms with E-state index in [1.54, 1.807) is 7.11 Å². The molecule has 0 saturated heterocycles. The lowest BCUT2D eigenvalue weighted by molar-refractivity contribution is 0.1000. The van der Waals surface area contributed by atoms with Crippen LogP contribution < -0.4 is 10.5 Å². The molecule has 5 nitrogen and oxygen atoms in total. The Morgan fingerprint density at radius 1 is 1.23 bits per heavy atom. The van der Waals surface area contributed by atoms with Gasteiger partial charge >= 0.3 is 0 Å². The van der Waals surface area contributed by atoms with E-state index in [4.69, 9.17) is 15.6 Å². The van der Waals surface area contributed by atoms with E-state index in [2.05, 4.69) is 0 Å². The molecule has 1 aromatic carbocycles. The maximum absolute atomic E-state index is 11.9. The van der Waals surface area contributed by atoms with Crippen molar-refractivity contribution in [1.29, 1.82) is 0 Å². The molecule has 2 aromatic rings. The Labute approximate surface area is 130 Å². The van der Waals surface area contributed by atoms with Crippen LogP contribution in [0.1, 0.15) is 28.2 Å². The molecule has 0 spiro atoms. The number of aliphatic hydroxyl groups excluding tert-OH is 1. The lowest BCUT2D eigenvalue weighted by atomic mass is 10.00. The SMILES string of the molecule is COc1ccc(-c2c(C(N)=O)c(C)n(CCCO)c2C)cc1. The fourth-order valence-corrected chi connectivity index (χ4v) is 2.86. The third-order valence-corrected chi connectivity index (χ3v) is 3.95. The Kier molecular flexibility index (Phi) is 4.88. The number of methoxy groups -OCH3 is 1. The van der Waals surface area contributed by atoms with Crippen LogP contribution in [0.25, 0.3) is 11.1 Å². The zero-order valence-corrected chi connectivity index (χ0v) is 13.2. The van der Waals surface area contributed by atoms with Gasteiger partial charge in [0.2, 0.25) is 0 Å². The van der Waals surface area contributed by atoms with Crippen LogP contribution >= 0.6 is 0 Å². The summed E-state index contributed by atoms with van der Waals surface area (Å²) in [4.78, 5) is 11.9. The van der Waals surface area contributed by atoms with Crippen LogP contribution in [-0.4, -0.2) is 29.3 Å². The molecule has 0 aliphatic carbocycles. The Morgan fingerprint density at radius 2 is 1.86 bits per heavy atom. The lowest BCUT2D eigenvalue weighted by Gasteiger charge is -2.09. The first-order valence-electron chi connectivity index (χ1n) is 7.26. The Hall–Kier alpha value is -2.27. The van der Waals surface area contributed by atoms with Crippen molar-refractivity contribution in [3.05, 3.63) is 41.2 Å². The van der Waals surface area contributed by atoms with Crippen molar-refractivity contribution in [2.24, 2.45) is 5.73 Å². The quantitative estimate of drug-likeness (QED) is 0.859. The van der Waals surface area contributed by atoms with Crippen LogP contribution in [0.15, 0.2) is 24.3 Å². The molecule has 0 atom stereocenters. The third kappa shape index (κ3) is 2.85. The minimum atomic E-state index is -0.436. The summed E-state index contributed by atoms with van der Waals surface area (Å²) in [6, 6.07) is 7.56. The monoisotopic (exact) mass is 302 g/mol. The molecule has 0 unspecified atom stereocenters. The van der Waals surface area contributed by atoms with Crippen molar-refractivity contribution >= 4 is 5.91 Å². The Morgan fingerprint density at radius 3 is 2.36 bits per heavy atom. The minimum absolute atomic E-state index is 0.112. The van der Waals surface area contributed by atoms with Gasteiger partial charge in [0.05, 0.1) is 12.7 Å². The number of aliphatic hydroxyl groups is 1. The molecule has 0 aliphatic rings. The van der Waals surface area contributed by atoms with Gasteiger partial charge in [-0.1, -0.05) is 12.1 Å². The number of aromatic nitrogens is 1. The van der Waals surface area contributed by atoms with Gasteiger partial charge in [-0.15, -0.1) is 0 Å². The van der Waals surface area contributed by atoms with Crippen LogP contribution in [0.3, 0.4) is 0 Å². The van der Waals surface area contributed by atoms with Crippen molar-refractivity contribution in [2.75, 3.05) is 13.7 Å². The van der Waals surface area contributed by atoms with E-state index in [0.29, 0.717) is 18.5 Å². The zero-order chi connectivity index (χ0) is 16.3. The number of rotatable bonds is 6. The summed E-state index contributed by atoms with van der Waals surface area (Å²) in [5, 5.41) is 9.05. The molecule has 0 radical (unpaired) electrons. The molecular formula is C17H22N2O3. The second-order valence-electron chi connectivity index (χ2n) is 5.24. The topological polar surface area (TPSA) is 77.5 Å². The van der Waals surface area contributed by atoms with Crippen molar-refractivity contribution < 1.29 is 14.6 Å². The highest BCUT2D eigenvalue weighted by Gasteiger charge is 2.22. The fourth-order valence-electron chi connectivity index (χ4n) is 2.86. The van der Waals surface area contributed by atoms with E-state index in [1.165, 1.54) is 0 Å². The van der Waals surface area contributed by atoms with Crippen LogP contribution in [0.2, 0.25) is 0 Å². The number of nitrogens with zero attached hydrogens (tertiary/aromatic N) is 1. The predicted molar refractivity (Wildman–Crippen MR) is 86.1 cm³/mol. The van der Waals surface area contributed by atoms with Gasteiger partial charge in [-0.05, 0) is 38.0 Å². The van der Waals surface area contributed by atoms with E-state index in [1.807, 2.05) is 42.7 Å². The van der Waals surface area contributed by atoms with Gasteiger partial charge in [0.25, 0.3) is 5.91 Å². The van der Waals surface area contributed by atoms with Gasteiger partial charge in [-0.3, -0.25) is 4.79 Å². The van der Waals surface area contributed by atoms with Crippen LogP contribution in [0, 0.1) is 13.8 Å². The number of carbonyl (C=O) groups excluding carboxylic acids is 1. The molecule has 0 aliphatic heterocycles. The number of hydrogen-bond acceptors (Lipinski definition) is 3. The van der Waals surface area contributed by atoms with Gasteiger partial charge in [-0.2, -0.15) is 0 Å². The predicted octanol–water partition coefficient (Wildman–Crippen LogP) is 2.26. The molecule has 1 heterocycles. The molecule has 0 saturated carbocycles. The smallest absolute Gasteiger partial charge is 0.251 e. The van der Waals surface area contributed by atoms with E-state index in [-0.39, 0.29) is 6.61 Å². The van der Waals surface area contributed by atoms with Gasteiger partial charge in [0.1, 0.15) is 5.75 Å². The van der Waals surface area contributed by atoms with Crippen molar-refractivity contribution in [3.63, 3.8) is 0 Å². The molecule has 0 bridgehead atoms. The molecule has 2 rings (SSSR count). The van der Waals surface area contributed by atoms with Crippen molar-refractivity contribution in [2.45, 2.75) is 26.8 Å². The van der Waals surface area contributed by atoms with Gasteiger partial charge in [-0.25, -0.2) is 0 Å². The summed E-state index contributed by atoms with van der Waals surface area (Å²) in [7, 11) is 1.62. The first kappa shape index (κ1) is 16.1. The highest BCUT2D eigenvalue weighted by Crippen LogP contribution is 2.33. The summed E-state index contributed by atoms with van der Waals surface area (Å²) in [6.45, 7) is 4.62. The van der Waals surface area contributed by atoms with Gasteiger partial charge < -0.3 is 20.1 Å². The molecule has 22 heavy (non-hydrogen) atoms. The maximum atomic E-state index is 11.9. The normalized spacial score (nSPS) is 10.7. The number of carbonyl (C=O) groups is 1. The first-order valence-corrected chi connectivity index (χ1v) is 7.26. The molecule has 118 valence electrons. The van der Waals surface area contributed by atoms with Gasteiger partial charge in [0, 0.05) is 30.1 Å². The second kappa shape index (κ2) is 6.66. The second-order valence-corrected chi connectivity index (χ2v) is 5.24. The summed E-state index contributed by atoms with van der Waals surface area (Å²) in [6.07, 6.45) is 0.636. The van der Waals surface area contributed by atoms with E-state index < -0.39 is 5.91 Å². The Balaban J connectivity index is 2.59. The standard InChI is InChI=1S/C17H22N2O3/c1-11-15(13-5-7-14(22-3)8-6-13)16(17(18)21)12(2)19(11)9-4-10-20/h5-8,20H,4,9-10H2,1-3H3,(H2,18,21). The molecule has 1 aromatic heterocycles. The zero-order valence-electron chi connectivity index (χ0n) is 13.2. The van der Waals surface area contributed by atoms with E-state index in [9.17, 15) is 4.79 Å². The number of amides is 1. The first-order chi connectivity index (χ1) is 10.5. The molecule has 0 fully saturated rings.